The first-order valence-electron chi connectivity index (χ1n) is 4.66. The number of carbonyl (C=O) groups is 3. The molecule has 2 bridgehead atoms. The van der Waals surface area contributed by atoms with Crippen molar-refractivity contribution in [3.63, 3.8) is 0 Å². The number of carboxylic acid groups (broad SMARTS) is 1. The predicted molar refractivity (Wildman–Crippen MR) is 47.9 cm³/mol. The molecular formula is C10H10O5. The highest BCUT2D eigenvalue weighted by Gasteiger charge is 2.47. The van der Waals surface area contributed by atoms with Crippen LogP contribution >= 0.6 is 0 Å². The van der Waals surface area contributed by atoms with Gasteiger partial charge in [-0.15, -0.1) is 0 Å². The fraction of sp³-hybridized carbons (Fsp3) is 0.500. The highest BCUT2D eigenvalue weighted by Crippen LogP contribution is 2.38. The van der Waals surface area contributed by atoms with Crippen LogP contribution in [0.1, 0.15) is 13.3 Å². The number of aliphatic carboxylic acids is 1. The summed E-state index contributed by atoms with van der Waals surface area (Å²) in [6.07, 6.45) is 0.895. The van der Waals surface area contributed by atoms with Crippen LogP contribution in [0.15, 0.2) is 11.6 Å². The van der Waals surface area contributed by atoms with Gasteiger partial charge in [-0.3, -0.25) is 9.59 Å². The Hall–Kier alpha value is -1.65. The lowest BCUT2D eigenvalue weighted by Gasteiger charge is -2.37. The van der Waals surface area contributed by atoms with Crippen molar-refractivity contribution in [2.24, 2.45) is 11.8 Å². The van der Waals surface area contributed by atoms with E-state index in [0.717, 1.165) is 0 Å². The predicted octanol–water partition coefficient (Wildman–Crippen LogP) is 0.148. The number of Topliss-reactive ketones (excluding diaryl/α,β-unsaturated/α-hetero) is 1. The lowest BCUT2D eigenvalue weighted by Crippen LogP contribution is -2.46. The van der Waals surface area contributed by atoms with Gasteiger partial charge in [-0.05, 0) is 13.3 Å². The Morgan fingerprint density at radius 3 is 2.67 bits per heavy atom. The van der Waals surface area contributed by atoms with Crippen molar-refractivity contribution in [3.8, 4) is 0 Å². The van der Waals surface area contributed by atoms with Crippen molar-refractivity contribution in [3.05, 3.63) is 11.6 Å². The van der Waals surface area contributed by atoms with Gasteiger partial charge < -0.3 is 9.84 Å². The second kappa shape index (κ2) is 3.18. The first kappa shape index (κ1) is 9.89. The summed E-state index contributed by atoms with van der Waals surface area (Å²) < 4.78 is 4.90. The zero-order chi connectivity index (χ0) is 11.2. The highest BCUT2D eigenvalue weighted by molar-refractivity contribution is 5.95. The van der Waals surface area contributed by atoms with Crippen LogP contribution in [-0.2, 0) is 19.1 Å². The lowest BCUT2D eigenvalue weighted by molar-refractivity contribution is -0.166. The van der Waals surface area contributed by atoms with E-state index in [-0.39, 0.29) is 11.4 Å². The number of hydrogen-bond donors (Lipinski definition) is 1. The first-order valence-corrected chi connectivity index (χ1v) is 4.66. The van der Waals surface area contributed by atoms with E-state index in [1.165, 1.54) is 13.0 Å². The molecule has 3 rings (SSSR count). The Kier molecular flexibility index (Phi) is 2.10. The van der Waals surface area contributed by atoms with Gasteiger partial charge in [0.2, 0.25) is 0 Å². The molecule has 0 aromatic rings. The molecule has 0 radical (unpaired) electrons. The van der Waals surface area contributed by atoms with Gasteiger partial charge in [0.1, 0.15) is 11.9 Å². The smallest absolute Gasteiger partial charge is 0.335 e. The third-order valence-corrected chi connectivity index (χ3v) is 2.91. The zero-order valence-corrected chi connectivity index (χ0v) is 8.10. The van der Waals surface area contributed by atoms with Gasteiger partial charge in [0.15, 0.2) is 0 Å². The second-order valence-electron chi connectivity index (χ2n) is 3.83. The van der Waals surface area contributed by atoms with Gasteiger partial charge in [0, 0.05) is 5.92 Å². The number of carboxylic acids is 1. The minimum Gasteiger partial charge on any atom is -0.478 e. The Morgan fingerprint density at radius 1 is 1.53 bits per heavy atom. The van der Waals surface area contributed by atoms with Crippen LogP contribution in [0.4, 0.5) is 0 Å². The lowest BCUT2D eigenvalue weighted by atomic mass is 9.75. The van der Waals surface area contributed by atoms with E-state index in [4.69, 9.17) is 9.84 Å². The standard InChI is InChI=1S/C10H10O5/c1-4(11)5-3-8-7(9(12)13)2-6(5)10(14)15-8/h2,5-6,8H,3H2,1H3,(H,12,13)/t5-,6-,8-/m0/s1. The highest BCUT2D eigenvalue weighted by atomic mass is 16.5. The summed E-state index contributed by atoms with van der Waals surface area (Å²) in [5, 5.41) is 8.83. The molecule has 0 spiro atoms. The van der Waals surface area contributed by atoms with E-state index in [2.05, 4.69) is 0 Å². The Bertz CT molecular complexity index is 381. The van der Waals surface area contributed by atoms with E-state index in [1.807, 2.05) is 0 Å². The molecule has 3 atom stereocenters. The van der Waals surface area contributed by atoms with Gasteiger partial charge in [0.25, 0.3) is 0 Å². The van der Waals surface area contributed by atoms with Crippen molar-refractivity contribution in [2.75, 3.05) is 0 Å². The quantitative estimate of drug-likeness (QED) is 0.656. The first-order chi connectivity index (χ1) is 7.00. The molecule has 3 aliphatic rings. The molecule has 2 heterocycles. The maximum Gasteiger partial charge on any atom is 0.335 e. The molecule has 0 amide bonds. The van der Waals surface area contributed by atoms with E-state index in [9.17, 15) is 14.4 Å². The number of ketones is 1. The summed E-state index contributed by atoms with van der Waals surface area (Å²) in [5.41, 5.74) is 0.0945. The van der Waals surface area contributed by atoms with Crippen LogP contribution in [0.5, 0.6) is 0 Å². The van der Waals surface area contributed by atoms with Crippen molar-refractivity contribution < 1.29 is 24.2 Å². The number of rotatable bonds is 2. The van der Waals surface area contributed by atoms with Crippen molar-refractivity contribution >= 4 is 17.7 Å². The molecule has 5 nitrogen and oxygen atoms in total. The van der Waals surface area contributed by atoms with Crippen LogP contribution in [0.25, 0.3) is 0 Å². The van der Waals surface area contributed by atoms with E-state index < -0.39 is 29.9 Å². The van der Waals surface area contributed by atoms with Crippen LogP contribution in [0.3, 0.4) is 0 Å². The Morgan fingerprint density at radius 2 is 2.20 bits per heavy atom. The molecule has 15 heavy (non-hydrogen) atoms. The molecule has 1 N–H and O–H groups in total. The summed E-state index contributed by atoms with van der Waals surface area (Å²) in [4.78, 5) is 33.3. The zero-order valence-electron chi connectivity index (χ0n) is 8.10. The van der Waals surface area contributed by atoms with Gasteiger partial charge >= 0.3 is 11.9 Å². The number of carbonyl (C=O) groups excluding carboxylic acids is 2. The second-order valence-corrected chi connectivity index (χ2v) is 3.83. The average Bonchev–Trinajstić information content (AvgIpc) is 2.16. The van der Waals surface area contributed by atoms with Crippen molar-refractivity contribution in [1.29, 1.82) is 0 Å². The largest absolute Gasteiger partial charge is 0.478 e. The fourth-order valence-corrected chi connectivity index (χ4v) is 2.11. The molecule has 0 saturated carbocycles. The molecule has 2 aliphatic heterocycles. The molecular weight excluding hydrogens is 200 g/mol. The molecule has 0 aromatic heterocycles. The number of hydrogen-bond acceptors (Lipinski definition) is 4. The molecule has 1 aliphatic carbocycles. The van der Waals surface area contributed by atoms with E-state index >= 15 is 0 Å². The third-order valence-electron chi connectivity index (χ3n) is 2.91. The summed E-state index contributed by atoms with van der Waals surface area (Å²) in [5.74, 6) is -2.80. The van der Waals surface area contributed by atoms with E-state index in [0.29, 0.717) is 6.42 Å². The van der Waals surface area contributed by atoms with Crippen molar-refractivity contribution in [1.82, 2.24) is 0 Å². The average molecular weight is 210 g/mol. The van der Waals surface area contributed by atoms with Crippen LogP contribution in [-0.4, -0.2) is 28.9 Å². The van der Waals surface area contributed by atoms with Crippen LogP contribution < -0.4 is 0 Å². The number of ether oxygens (including phenoxy) is 1. The van der Waals surface area contributed by atoms with Gasteiger partial charge in [-0.25, -0.2) is 4.79 Å². The molecule has 0 aromatic carbocycles. The maximum absolute atomic E-state index is 11.3. The fourth-order valence-electron chi connectivity index (χ4n) is 2.11. The summed E-state index contributed by atoms with van der Waals surface area (Å²) in [6, 6.07) is 0. The van der Waals surface area contributed by atoms with E-state index in [1.54, 1.807) is 0 Å². The third kappa shape index (κ3) is 1.44. The molecule has 1 fully saturated rings. The monoisotopic (exact) mass is 210 g/mol. The summed E-state index contributed by atoms with van der Waals surface area (Å²) in [7, 11) is 0. The topological polar surface area (TPSA) is 80.7 Å². The summed E-state index contributed by atoms with van der Waals surface area (Å²) in [6.45, 7) is 1.41. The summed E-state index contributed by atoms with van der Waals surface area (Å²) >= 11 is 0. The number of esters is 1. The van der Waals surface area contributed by atoms with Crippen molar-refractivity contribution in [2.45, 2.75) is 19.4 Å². The van der Waals surface area contributed by atoms with Crippen LogP contribution in [0.2, 0.25) is 0 Å². The van der Waals surface area contributed by atoms with Crippen LogP contribution in [0, 0.1) is 11.8 Å². The normalized spacial score (nSPS) is 33.3. The Labute approximate surface area is 85.7 Å². The minimum absolute atomic E-state index is 0.0945. The Balaban J connectivity index is 2.37. The van der Waals surface area contributed by atoms with Gasteiger partial charge in [-0.1, -0.05) is 6.08 Å². The maximum atomic E-state index is 11.3. The van der Waals surface area contributed by atoms with Gasteiger partial charge in [-0.2, -0.15) is 0 Å². The van der Waals surface area contributed by atoms with Gasteiger partial charge in [0.05, 0.1) is 11.5 Å². The minimum atomic E-state index is -1.08. The molecule has 80 valence electrons. The SMILES string of the molecule is CC(=O)[C@@H]1C[C@@H]2OC(=O)[C@H]1C=C2C(=O)O. The molecule has 5 heteroatoms. The number of fused-ring (bicyclic) bond motifs is 2. The molecule has 0 unspecified atom stereocenters. The molecule has 1 saturated heterocycles.